The molecule has 0 unspecified atom stereocenters. The molecule has 1 aromatic rings. The van der Waals surface area contributed by atoms with E-state index in [-0.39, 0.29) is 11.7 Å². The van der Waals surface area contributed by atoms with Crippen LogP contribution in [0.25, 0.3) is 0 Å². The summed E-state index contributed by atoms with van der Waals surface area (Å²) >= 11 is 0. The molecule has 1 atom stereocenters. The van der Waals surface area contributed by atoms with E-state index in [2.05, 4.69) is 0 Å². The van der Waals surface area contributed by atoms with E-state index in [4.69, 9.17) is 10.5 Å². The molecule has 2 N–H and O–H groups in total. The molecule has 1 aliphatic rings. The van der Waals surface area contributed by atoms with Crippen molar-refractivity contribution >= 4 is 5.91 Å². The number of hydrogen-bond acceptors (Lipinski definition) is 3. The molecule has 4 nitrogen and oxygen atoms in total. The third kappa shape index (κ3) is 2.87. The van der Waals surface area contributed by atoms with Crippen LogP contribution < -0.4 is 10.5 Å². The Kier molecular flexibility index (Phi) is 4.37. The van der Waals surface area contributed by atoms with Gasteiger partial charge in [-0.25, -0.2) is 4.39 Å². The maximum absolute atomic E-state index is 13.7. The second kappa shape index (κ2) is 6.02. The summed E-state index contributed by atoms with van der Waals surface area (Å²) < 4.78 is 19.0. The van der Waals surface area contributed by atoms with Gasteiger partial charge in [0.2, 0.25) is 0 Å². The summed E-state index contributed by atoms with van der Waals surface area (Å²) in [6, 6.07) is 4.43. The minimum absolute atomic E-state index is 0.0474. The minimum atomic E-state index is -0.498. The van der Waals surface area contributed by atoms with Gasteiger partial charge in [0, 0.05) is 13.1 Å². The van der Waals surface area contributed by atoms with Crippen molar-refractivity contribution in [3.8, 4) is 5.75 Å². The van der Waals surface area contributed by atoms with Crippen LogP contribution in [0.3, 0.4) is 0 Å². The number of carbonyl (C=O) groups excluding carboxylic acids is 1. The molecule has 0 aromatic heterocycles. The van der Waals surface area contributed by atoms with Gasteiger partial charge in [-0.2, -0.15) is 0 Å². The summed E-state index contributed by atoms with van der Waals surface area (Å²) in [6.45, 7) is 3.97. The zero-order valence-corrected chi connectivity index (χ0v) is 11.1. The van der Waals surface area contributed by atoms with Crippen LogP contribution in [-0.2, 0) is 0 Å². The van der Waals surface area contributed by atoms with Crippen molar-refractivity contribution in [2.24, 2.45) is 11.7 Å². The Morgan fingerprint density at radius 2 is 2.37 bits per heavy atom. The van der Waals surface area contributed by atoms with E-state index in [1.54, 1.807) is 17.9 Å². The van der Waals surface area contributed by atoms with Gasteiger partial charge in [0.25, 0.3) is 5.91 Å². The number of nitrogens with zero attached hydrogens (tertiary/aromatic N) is 1. The molecule has 1 saturated heterocycles. The highest BCUT2D eigenvalue weighted by molar-refractivity contribution is 5.97. The van der Waals surface area contributed by atoms with Gasteiger partial charge in [0.15, 0.2) is 11.6 Å². The van der Waals surface area contributed by atoms with Crippen LogP contribution in [0.15, 0.2) is 18.2 Å². The van der Waals surface area contributed by atoms with Crippen molar-refractivity contribution in [2.75, 3.05) is 26.2 Å². The zero-order valence-electron chi connectivity index (χ0n) is 11.1. The number of amides is 1. The third-order valence-electron chi connectivity index (χ3n) is 3.39. The highest BCUT2D eigenvalue weighted by Gasteiger charge is 2.28. The van der Waals surface area contributed by atoms with Gasteiger partial charge in [-0.1, -0.05) is 6.07 Å². The van der Waals surface area contributed by atoms with Gasteiger partial charge in [0.1, 0.15) is 0 Å². The van der Waals surface area contributed by atoms with Crippen molar-refractivity contribution in [1.29, 1.82) is 0 Å². The maximum atomic E-state index is 13.7. The van der Waals surface area contributed by atoms with Crippen LogP contribution in [0, 0.1) is 11.7 Å². The zero-order chi connectivity index (χ0) is 13.8. The van der Waals surface area contributed by atoms with Gasteiger partial charge in [-0.15, -0.1) is 0 Å². The second-order valence-corrected chi connectivity index (χ2v) is 4.69. The number of rotatable bonds is 4. The van der Waals surface area contributed by atoms with E-state index in [1.807, 2.05) is 0 Å². The van der Waals surface area contributed by atoms with Crippen molar-refractivity contribution in [3.63, 3.8) is 0 Å². The molecule has 0 bridgehead atoms. The molecule has 19 heavy (non-hydrogen) atoms. The Balaban J connectivity index is 2.22. The van der Waals surface area contributed by atoms with E-state index in [0.29, 0.717) is 37.7 Å². The molecule has 0 spiro atoms. The molecule has 0 saturated carbocycles. The Morgan fingerprint density at radius 3 is 3.00 bits per heavy atom. The molecular weight excluding hydrogens is 247 g/mol. The first kappa shape index (κ1) is 13.8. The number of carbonyl (C=O) groups is 1. The average molecular weight is 266 g/mol. The predicted octanol–water partition coefficient (Wildman–Crippen LogP) is 1.65. The topological polar surface area (TPSA) is 55.6 Å². The average Bonchev–Trinajstić information content (AvgIpc) is 2.89. The van der Waals surface area contributed by atoms with Crippen LogP contribution in [0.4, 0.5) is 4.39 Å². The predicted molar refractivity (Wildman–Crippen MR) is 70.6 cm³/mol. The first-order chi connectivity index (χ1) is 9.17. The highest BCUT2D eigenvalue weighted by Crippen LogP contribution is 2.26. The van der Waals surface area contributed by atoms with Gasteiger partial charge < -0.3 is 15.4 Å². The highest BCUT2D eigenvalue weighted by atomic mass is 19.1. The Bertz CT molecular complexity index is 465. The molecule has 0 radical (unpaired) electrons. The summed E-state index contributed by atoms with van der Waals surface area (Å²) in [6.07, 6.45) is 0.904. The van der Waals surface area contributed by atoms with Crippen LogP contribution in [0.2, 0.25) is 0 Å². The van der Waals surface area contributed by atoms with E-state index in [1.165, 1.54) is 12.1 Å². The standard InChI is InChI=1S/C14H19FN2O2/c1-2-19-13-11(4-3-5-12(13)15)14(18)17-7-6-10(8-16)9-17/h3-5,10H,2,6-9,16H2,1H3/t10-/m1/s1. The summed E-state index contributed by atoms with van der Waals surface area (Å²) in [5.41, 5.74) is 5.91. The second-order valence-electron chi connectivity index (χ2n) is 4.69. The van der Waals surface area contributed by atoms with E-state index in [0.717, 1.165) is 6.42 Å². The normalized spacial score (nSPS) is 18.7. The summed E-state index contributed by atoms with van der Waals surface area (Å²) in [7, 11) is 0. The lowest BCUT2D eigenvalue weighted by Gasteiger charge is -2.18. The molecule has 5 heteroatoms. The van der Waals surface area contributed by atoms with Crippen molar-refractivity contribution in [3.05, 3.63) is 29.6 Å². The van der Waals surface area contributed by atoms with Gasteiger partial charge in [-0.3, -0.25) is 4.79 Å². The van der Waals surface area contributed by atoms with Gasteiger partial charge in [0.05, 0.1) is 12.2 Å². The number of likely N-dealkylation sites (tertiary alicyclic amines) is 1. The SMILES string of the molecule is CCOc1c(F)cccc1C(=O)N1CC[C@H](CN)C1. The number of ether oxygens (including phenoxy) is 1. The number of nitrogens with two attached hydrogens (primary N) is 1. The first-order valence-electron chi connectivity index (χ1n) is 6.58. The van der Waals surface area contributed by atoms with Crippen LogP contribution in [0.1, 0.15) is 23.7 Å². The summed E-state index contributed by atoms with van der Waals surface area (Å²) in [4.78, 5) is 14.1. The molecular formula is C14H19FN2O2. The van der Waals surface area contributed by atoms with Crippen molar-refractivity contribution < 1.29 is 13.9 Å². The number of halogens is 1. The molecule has 104 valence electrons. The van der Waals surface area contributed by atoms with Gasteiger partial charge in [-0.05, 0) is 37.9 Å². The molecule has 1 fully saturated rings. The maximum Gasteiger partial charge on any atom is 0.257 e. The largest absolute Gasteiger partial charge is 0.490 e. The Morgan fingerprint density at radius 1 is 1.58 bits per heavy atom. The van der Waals surface area contributed by atoms with Gasteiger partial charge >= 0.3 is 0 Å². The molecule has 1 amide bonds. The van der Waals surface area contributed by atoms with Crippen LogP contribution in [-0.4, -0.2) is 37.0 Å². The number of para-hydroxylation sites is 1. The first-order valence-corrected chi connectivity index (χ1v) is 6.58. The summed E-state index contributed by atoms with van der Waals surface area (Å²) in [5, 5.41) is 0. The summed E-state index contributed by atoms with van der Waals surface area (Å²) in [5.74, 6) is -0.291. The molecule has 1 aliphatic heterocycles. The van der Waals surface area contributed by atoms with Crippen molar-refractivity contribution in [1.82, 2.24) is 4.90 Å². The fourth-order valence-corrected chi connectivity index (χ4v) is 2.35. The smallest absolute Gasteiger partial charge is 0.257 e. The monoisotopic (exact) mass is 266 g/mol. The lowest BCUT2D eigenvalue weighted by molar-refractivity contribution is 0.0782. The molecule has 1 heterocycles. The number of hydrogen-bond donors (Lipinski definition) is 1. The fourth-order valence-electron chi connectivity index (χ4n) is 2.35. The quantitative estimate of drug-likeness (QED) is 0.901. The van der Waals surface area contributed by atoms with E-state index >= 15 is 0 Å². The molecule has 2 rings (SSSR count). The third-order valence-corrected chi connectivity index (χ3v) is 3.39. The van der Waals surface area contributed by atoms with Crippen molar-refractivity contribution in [2.45, 2.75) is 13.3 Å². The fraction of sp³-hybridized carbons (Fsp3) is 0.500. The Labute approximate surface area is 112 Å². The Hall–Kier alpha value is -1.62. The van der Waals surface area contributed by atoms with Crippen LogP contribution >= 0.6 is 0 Å². The van der Waals surface area contributed by atoms with E-state index in [9.17, 15) is 9.18 Å². The number of benzene rings is 1. The molecule has 0 aliphatic carbocycles. The molecule has 1 aromatic carbocycles. The van der Waals surface area contributed by atoms with E-state index < -0.39 is 5.82 Å². The lowest BCUT2D eigenvalue weighted by atomic mass is 10.1. The lowest BCUT2D eigenvalue weighted by Crippen LogP contribution is -2.30. The van der Waals surface area contributed by atoms with Crippen LogP contribution in [0.5, 0.6) is 5.75 Å². The minimum Gasteiger partial charge on any atom is -0.490 e.